The highest BCUT2D eigenvalue weighted by molar-refractivity contribution is 6.03. The molecule has 1 amide bonds. The number of carbonyl (C=O) groups is 1. The summed E-state index contributed by atoms with van der Waals surface area (Å²) in [5.41, 5.74) is 6.73. The molecule has 0 radical (unpaired) electrons. The first-order valence-corrected chi connectivity index (χ1v) is 12.0. The molecule has 6 nitrogen and oxygen atoms in total. The van der Waals surface area contributed by atoms with Gasteiger partial charge in [0.15, 0.2) is 0 Å². The molecule has 1 aliphatic carbocycles. The number of nitrogens with zero attached hydrogens (tertiary/aromatic N) is 2. The first-order chi connectivity index (χ1) is 17.3. The smallest absolute Gasteiger partial charge is 0.274 e. The van der Waals surface area contributed by atoms with Crippen LogP contribution in [0.4, 0.5) is 18.9 Å². The second kappa shape index (κ2) is 9.99. The maximum atomic E-state index is 14.9. The first kappa shape index (κ1) is 24.4. The van der Waals surface area contributed by atoms with Gasteiger partial charge in [0.05, 0.1) is 30.7 Å². The number of carbonyl (C=O) groups excluding carboxylic acids is 1. The lowest BCUT2D eigenvalue weighted by atomic mass is 9.76. The summed E-state index contributed by atoms with van der Waals surface area (Å²) in [6.07, 6.45) is 5.88. The van der Waals surface area contributed by atoms with Crippen LogP contribution >= 0.6 is 0 Å². The Morgan fingerprint density at radius 2 is 1.78 bits per heavy atom. The molecule has 1 saturated heterocycles. The summed E-state index contributed by atoms with van der Waals surface area (Å²) >= 11 is 0. The fourth-order valence-electron chi connectivity index (χ4n) is 5.19. The minimum absolute atomic E-state index is 0.0739. The van der Waals surface area contributed by atoms with E-state index >= 15 is 0 Å². The van der Waals surface area contributed by atoms with Gasteiger partial charge in [0, 0.05) is 18.2 Å². The second-order valence-electron chi connectivity index (χ2n) is 9.81. The second-order valence-corrected chi connectivity index (χ2v) is 9.81. The summed E-state index contributed by atoms with van der Waals surface area (Å²) in [7, 11) is 0. The van der Waals surface area contributed by atoms with Crippen molar-refractivity contribution in [3.05, 3.63) is 77.0 Å². The van der Waals surface area contributed by atoms with Crippen LogP contribution in [-0.4, -0.2) is 35.1 Å². The van der Waals surface area contributed by atoms with Gasteiger partial charge < -0.3 is 15.8 Å². The van der Waals surface area contributed by atoms with Gasteiger partial charge in [-0.05, 0) is 72.6 Å². The van der Waals surface area contributed by atoms with Crippen LogP contribution in [-0.2, 0) is 4.74 Å². The largest absolute Gasteiger partial charge is 0.380 e. The van der Waals surface area contributed by atoms with Crippen molar-refractivity contribution in [2.45, 2.75) is 44.1 Å². The number of anilines is 1. The van der Waals surface area contributed by atoms with E-state index in [0.29, 0.717) is 30.4 Å². The number of hydrogen-bond acceptors (Lipinski definition) is 5. The van der Waals surface area contributed by atoms with E-state index < -0.39 is 34.6 Å². The van der Waals surface area contributed by atoms with Crippen LogP contribution in [0.1, 0.15) is 59.6 Å². The molecule has 1 aliphatic heterocycles. The molecule has 0 unspecified atom stereocenters. The maximum absolute atomic E-state index is 14.9. The lowest BCUT2D eigenvalue weighted by molar-refractivity contribution is 0.00822. The summed E-state index contributed by atoms with van der Waals surface area (Å²) in [5.74, 6) is -2.96. The molecule has 2 aromatic heterocycles. The van der Waals surface area contributed by atoms with Crippen molar-refractivity contribution in [2.24, 2.45) is 11.7 Å². The number of halogens is 3. The molecular formula is C27H27F3N4O2. The van der Waals surface area contributed by atoms with Crippen LogP contribution in [0, 0.1) is 23.4 Å². The fourth-order valence-corrected chi connectivity index (χ4v) is 5.19. The molecule has 5 rings (SSSR count). The molecular weight excluding hydrogens is 469 g/mol. The number of aromatic nitrogens is 2. The third-order valence-electron chi connectivity index (χ3n) is 7.01. The summed E-state index contributed by atoms with van der Waals surface area (Å²) < 4.78 is 49.5. The number of nitrogens with one attached hydrogen (secondary N) is 1. The van der Waals surface area contributed by atoms with Gasteiger partial charge in [-0.25, -0.2) is 18.2 Å². The fraction of sp³-hybridized carbons (Fsp3) is 0.370. The van der Waals surface area contributed by atoms with E-state index in [-0.39, 0.29) is 23.6 Å². The Balaban J connectivity index is 1.43. The number of amides is 1. The molecule has 9 heteroatoms. The third kappa shape index (κ3) is 4.85. The molecule has 2 fully saturated rings. The molecule has 36 heavy (non-hydrogen) atoms. The summed E-state index contributed by atoms with van der Waals surface area (Å²) in [4.78, 5) is 21.2. The maximum Gasteiger partial charge on any atom is 0.274 e. The van der Waals surface area contributed by atoms with E-state index in [9.17, 15) is 18.0 Å². The predicted octanol–water partition coefficient (Wildman–Crippen LogP) is 5.16. The minimum Gasteiger partial charge on any atom is -0.380 e. The Labute approximate surface area is 207 Å². The molecule has 0 bridgehead atoms. The molecule has 3 aromatic rings. The molecule has 2 aliphatic rings. The van der Waals surface area contributed by atoms with Crippen LogP contribution < -0.4 is 11.1 Å². The Bertz CT molecular complexity index is 1260. The van der Waals surface area contributed by atoms with Gasteiger partial charge in [0.2, 0.25) is 0 Å². The highest BCUT2D eigenvalue weighted by Gasteiger charge is 2.28. The highest BCUT2D eigenvalue weighted by Crippen LogP contribution is 2.38. The summed E-state index contributed by atoms with van der Waals surface area (Å²) in [5, 5.41) is 2.79. The Morgan fingerprint density at radius 3 is 2.44 bits per heavy atom. The average Bonchev–Trinajstić information content (AvgIpc) is 2.78. The van der Waals surface area contributed by atoms with E-state index in [2.05, 4.69) is 22.2 Å². The molecule has 1 saturated carbocycles. The molecule has 1 aromatic carbocycles. The van der Waals surface area contributed by atoms with Crippen molar-refractivity contribution >= 4 is 11.6 Å². The van der Waals surface area contributed by atoms with Crippen molar-refractivity contribution in [3.8, 4) is 11.3 Å². The van der Waals surface area contributed by atoms with Gasteiger partial charge in [-0.1, -0.05) is 6.92 Å². The Kier molecular flexibility index (Phi) is 6.77. The number of rotatable bonds is 5. The minimum atomic E-state index is -0.946. The van der Waals surface area contributed by atoms with Gasteiger partial charge in [0.1, 0.15) is 28.8 Å². The SMILES string of the molecule is C[C@@H]1C[C@H](N)C[C@H](c2ccncc2NC(=O)c2ccc(F)c(-c3c(F)cc(C4COC4)cc3F)n2)C1. The van der Waals surface area contributed by atoms with Crippen molar-refractivity contribution in [1.29, 1.82) is 0 Å². The zero-order valence-corrected chi connectivity index (χ0v) is 19.8. The van der Waals surface area contributed by atoms with E-state index in [1.807, 2.05) is 6.07 Å². The van der Waals surface area contributed by atoms with Gasteiger partial charge in [-0.15, -0.1) is 0 Å². The summed E-state index contributed by atoms with van der Waals surface area (Å²) in [6, 6.07) is 6.42. The zero-order valence-electron chi connectivity index (χ0n) is 19.8. The number of benzene rings is 1. The number of hydrogen-bond donors (Lipinski definition) is 2. The monoisotopic (exact) mass is 496 g/mol. The topological polar surface area (TPSA) is 90.1 Å². The van der Waals surface area contributed by atoms with E-state index in [1.54, 1.807) is 12.4 Å². The molecule has 0 spiro atoms. The Morgan fingerprint density at radius 1 is 1.03 bits per heavy atom. The number of ether oxygens (including phenoxy) is 1. The number of nitrogens with two attached hydrogens (primary N) is 1. The standard InChI is InChI=1S/C27H27F3N4O2/c1-14-6-16(8-18(31)7-14)19-4-5-32-11-24(19)34-27(35)23-3-2-20(28)26(33-23)25-21(29)9-15(10-22(25)30)17-12-36-13-17/h2-5,9-11,14,16-18H,6-8,12-13,31H2,1H3,(H,34,35)/t14-,16+,18-/m0/s1. The lowest BCUT2D eigenvalue weighted by Gasteiger charge is -2.32. The van der Waals surface area contributed by atoms with Crippen LogP contribution in [0.25, 0.3) is 11.3 Å². The molecule has 3 N–H and O–H groups in total. The average molecular weight is 497 g/mol. The van der Waals surface area contributed by atoms with Crippen LogP contribution in [0.3, 0.4) is 0 Å². The van der Waals surface area contributed by atoms with Crippen molar-refractivity contribution in [3.63, 3.8) is 0 Å². The predicted molar refractivity (Wildman–Crippen MR) is 129 cm³/mol. The van der Waals surface area contributed by atoms with Gasteiger partial charge in [-0.3, -0.25) is 9.78 Å². The molecule has 3 heterocycles. The first-order valence-electron chi connectivity index (χ1n) is 12.0. The molecule has 188 valence electrons. The third-order valence-corrected chi connectivity index (χ3v) is 7.01. The van der Waals surface area contributed by atoms with Crippen LogP contribution in [0.15, 0.2) is 42.7 Å². The quantitative estimate of drug-likeness (QED) is 0.510. The lowest BCUT2D eigenvalue weighted by Crippen LogP contribution is -2.31. The van der Waals surface area contributed by atoms with Crippen molar-refractivity contribution in [2.75, 3.05) is 18.5 Å². The summed E-state index contributed by atoms with van der Waals surface area (Å²) in [6.45, 7) is 2.91. The van der Waals surface area contributed by atoms with Crippen LogP contribution in [0.5, 0.6) is 0 Å². The van der Waals surface area contributed by atoms with Crippen molar-refractivity contribution < 1.29 is 22.7 Å². The number of pyridine rings is 2. The van der Waals surface area contributed by atoms with Crippen molar-refractivity contribution in [1.82, 2.24) is 9.97 Å². The highest BCUT2D eigenvalue weighted by atomic mass is 19.1. The van der Waals surface area contributed by atoms with Gasteiger partial charge >= 0.3 is 0 Å². The molecule has 3 atom stereocenters. The van der Waals surface area contributed by atoms with E-state index in [0.717, 1.165) is 43.0 Å². The van der Waals surface area contributed by atoms with Gasteiger partial charge in [-0.2, -0.15) is 0 Å². The zero-order chi connectivity index (χ0) is 25.4. The van der Waals surface area contributed by atoms with Gasteiger partial charge in [0.25, 0.3) is 5.91 Å². The van der Waals surface area contributed by atoms with Crippen LogP contribution in [0.2, 0.25) is 0 Å². The van der Waals surface area contributed by atoms with E-state index in [1.165, 1.54) is 6.07 Å². The van der Waals surface area contributed by atoms with E-state index in [4.69, 9.17) is 10.5 Å². The normalized spacial score (nSPS) is 22.2. The Hall–Kier alpha value is -3.30.